The fraction of sp³-hybridized carbons (Fsp3) is 0.924. The third kappa shape index (κ3) is 56.0. The molecule has 20 heteroatoms. The first kappa shape index (κ1) is 93.8. The van der Waals surface area contributed by atoms with Crippen LogP contribution in [0.15, 0.2) is 0 Å². The van der Waals surface area contributed by atoms with Crippen molar-refractivity contribution in [2.75, 3.05) is 13.2 Å². The molecule has 0 bridgehead atoms. The van der Waals surface area contributed by atoms with E-state index in [4.69, 9.17) is 28.2 Å². The molecule has 0 radical (unpaired) electrons. The Morgan fingerprint density at radius 1 is 0.424 bits per heavy atom. The van der Waals surface area contributed by atoms with Crippen molar-refractivity contribution in [2.24, 2.45) is 0 Å². The van der Waals surface area contributed by atoms with E-state index in [-0.39, 0.29) is 25.7 Å². The molecular weight excluding hydrogens is 1280 g/mol. The molecule has 1 saturated heterocycles. The second-order valence-electron chi connectivity index (χ2n) is 28.9. The van der Waals surface area contributed by atoms with E-state index in [1.165, 1.54) is 154 Å². The van der Waals surface area contributed by atoms with Gasteiger partial charge in [0.25, 0.3) is 0 Å². The molecule has 1 rings (SSSR count). The number of carboxylic acids is 1. The molecule has 0 aromatic rings. The lowest BCUT2D eigenvalue weighted by Crippen LogP contribution is -2.66. The highest BCUT2D eigenvalue weighted by atomic mass is 31.2. The van der Waals surface area contributed by atoms with Crippen LogP contribution in [-0.4, -0.2) is 118 Å². The quantitative estimate of drug-likeness (QED) is 0.0143. The van der Waals surface area contributed by atoms with Crippen LogP contribution in [0.4, 0.5) is 0 Å². The summed E-state index contributed by atoms with van der Waals surface area (Å²) in [7, 11) is -5.22. The number of aliphatic hydroxyl groups excluding tert-OH is 1. The molecule has 0 aromatic carbocycles. The predicted molar refractivity (Wildman–Crippen MR) is 396 cm³/mol. The zero-order chi connectivity index (χ0) is 72.7. The summed E-state index contributed by atoms with van der Waals surface area (Å²) < 4.78 is 47.6. The molecule has 2 unspecified atom stereocenters. The molecular formula is C79H149N2O17P. The molecule has 0 aliphatic carbocycles. The molecule has 0 aromatic heterocycles. The number of rotatable bonds is 72. The van der Waals surface area contributed by atoms with Crippen molar-refractivity contribution in [1.29, 1.82) is 0 Å². The van der Waals surface area contributed by atoms with Gasteiger partial charge in [0.15, 0.2) is 18.4 Å². The number of ether oxygens (including phenoxy) is 5. The van der Waals surface area contributed by atoms with Gasteiger partial charge in [-0.15, -0.1) is 0 Å². The van der Waals surface area contributed by atoms with E-state index in [0.717, 1.165) is 141 Å². The number of phosphoric ester groups is 1. The number of aliphatic carboxylic acids is 1. The second-order valence-corrected chi connectivity index (χ2v) is 30.1. The zero-order valence-corrected chi connectivity index (χ0v) is 64.5. The highest BCUT2D eigenvalue weighted by molar-refractivity contribution is 7.46. The van der Waals surface area contributed by atoms with Gasteiger partial charge in [0.05, 0.1) is 26.1 Å². The maximum absolute atomic E-state index is 14.7. The normalized spacial score (nSPS) is 17.2. The minimum atomic E-state index is -5.22. The van der Waals surface area contributed by atoms with Crippen molar-refractivity contribution in [3.05, 3.63) is 0 Å². The summed E-state index contributed by atoms with van der Waals surface area (Å²) in [6, 6.07) is -3.28. The summed E-state index contributed by atoms with van der Waals surface area (Å²) in [6.07, 6.45) is 46.3. The average Bonchev–Trinajstić information content (AvgIpc) is 0.791. The summed E-state index contributed by atoms with van der Waals surface area (Å²) >= 11 is 0. The number of nitrogens with one attached hydrogen (secondary N) is 2. The monoisotopic (exact) mass is 1430 g/mol. The Hall–Kier alpha value is -3.19. The van der Waals surface area contributed by atoms with Crippen molar-refractivity contribution in [1.82, 2.24) is 10.6 Å². The smallest absolute Gasteiger partial charge is 0.469 e. The van der Waals surface area contributed by atoms with Crippen molar-refractivity contribution in [3.63, 3.8) is 0 Å². The SMILES string of the molecule is CCCCCCCCCCCCCC(=O)N[C@@H](CO[C@@H]1O[C@H](COP(=O)(O)O)[C@@H](O)[C@H](OC(=O)CC(CCCCCCCCCCC)OC(=O)CCCCCCCCCCCCC)[C@H]1NC(=O)CC(CCCCCCCCCCC)OC(=O)CCCCCCCCCCCCC)C(=O)O. The largest absolute Gasteiger partial charge is 0.480 e. The molecule has 99 heavy (non-hydrogen) atoms. The minimum absolute atomic E-state index is 0.0598. The van der Waals surface area contributed by atoms with Crippen LogP contribution < -0.4 is 10.6 Å². The maximum atomic E-state index is 14.7. The molecule has 0 saturated carbocycles. The number of amides is 2. The topological polar surface area (TPSA) is 280 Å². The van der Waals surface area contributed by atoms with Crippen molar-refractivity contribution >= 4 is 43.5 Å². The highest BCUT2D eigenvalue weighted by Gasteiger charge is 2.50. The van der Waals surface area contributed by atoms with Gasteiger partial charge in [-0.1, -0.05) is 330 Å². The Morgan fingerprint density at radius 2 is 0.747 bits per heavy atom. The molecule has 1 aliphatic heterocycles. The number of hydrogen-bond donors (Lipinski definition) is 6. The molecule has 1 heterocycles. The Kier molecular flexibility index (Phi) is 62.1. The van der Waals surface area contributed by atoms with Gasteiger partial charge in [-0.25, -0.2) is 9.36 Å². The first-order valence-electron chi connectivity index (χ1n) is 41.0. The number of carbonyl (C=O) groups is 6. The summed E-state index contributed by atoms with van der Waals surface area (Å²) in [5.41, 5.74) is 0. The van der Waals surface area contributed by atoms with Gasteiger partial charge < -0.3 is 54.3 Å². The number of carbonyl (C=O) groups excluding carboxylic acids is 5. The number of unbranched alkanes of at least 4 members (excludes halogenated alkanes) is 46. The van der Waals surface area contributed by atoms with Crippen LogP contribution in [0.1, 0.15) is 407 Å². The lowest BCUT2D eigenvalue weighted by atomic mass is 9.95. The molecule has 6 N–H and O–H groups in total. The van der Waals surface area contributed by atoms with Gasteiger partial charge >= 0.3 is 31.7 Å². The van der Waals surface area contributed by atoms with Crippen LogP contribution in [0.2, 0.25) is 0 Å². The van der Waals surface area contributed by atoms with Crippen LogP contribution in [-0.2, 0) is 61.5 Å². The van der Waals surface area contributed by atoms with Gasteiger partial charge in [0.2, 0.25) is 11.8 Å². The van der Waals surface area contributed by atoms with E-state index >= 15 is 0 Å². The molecule has 19 nitrogen and oxygen atoms in total. The Morgan fingerprint density at radius 3 is 1.09 bits per heavy atom. The van der Waals surface area contributed by atoms with Crippen molar-refractivity contribution in [2.45, 2.75) is 456 Å². The first-order chi connectivity index (χ1) is 48.0. The van der Waals surface area contributed by atoms with Gasteiger partial charge in [0, 0.05) is 19.3 Å². The lowest BCUT2D eigenvalue weighted by molar-refractivity contribution is -0.274. The van der Waals surface area contributed by atoms with Gasteiger partial charge in [-0.2, -0.15) is 0 Å². The second kappa shape index (κ2) is 65.6. The summed E-state index contributed by atoms with van der Waals surface area (Å²) in [5.74, 6) is -4.51. The molecule has 2 amide bonds. The Balaban J connectivity index is 3.61. The van der Waals surface area contributed by atoms with Crippen LogP contribution in [0.3, 0.4) is 0 Å². The van der Waals surface area contributed by atoms with Crippen molar-refractivity contribution < 1.29 is 81.5 Å². The maximum Gasteiger partial charge on any atom is 0.469 e. The predicted octanol–water partition coefficient (Wildman–Crippen LogP) is 19.7. The Labute approximate surface area is 602 Å². The van der Waals surface area contributed by atoms with E-state index < -0.39 is 112 Å². The van der Waals surface area contributed by atoms with E-state index in [1.807, 2.05) is 0 Å². The summed E-state index contributed by atoms with van der Waals surface area (Å²) in [5, 5.41) is 28.0. The Bertz CT molecular complexity index is 2010. The van der Waals surface area contributed by atoms with Crippen molar-refractivity contribution in [3.8, 4) is 0 Å². The highest BCUT2D eigenvalue weighted by Crippen LogP contribution is 2.38. The fourth-order valence-electron chi connectivity index (χ4n) is 13.2. The molecule has 1 fully saturated rings. The van der Waals surface area contributed by atoms with Crippen LogP contribution in [0.25, 0.3) is 0 Å². The minimum Gasteiger partial charge on any atom is -0.480 e. The molecule has 1 aliphatic rings. The third-order valence-electron chi connectivity index (χ3n) is 19.4. The summed E-state index contributed by atoms with van der Waals surface area (Å²) in [4.78, 5) is 102. The van der Waals surface area contributed by atoms with E-state index in [0.29, 0.717) is 44.9 Å². The number of carboxylic acid groups (broad SMARTS) is 1. The zero-order valence-electron chi connectivity index (χ0n) is 63.6. The van der Waals surface area contributed by atoms with E-state index in [9.17, 15) is 53.3 Å². The number of esters is 3. The van der Waals surface area contributed by atoms with Gasteiger partial charge in [0.1, 0.15) is 30.5 Å². The number of aliphatic hydroxyl groups is 1. The number of hydrogen-bond acceptors (Lipinski definition) is 14. The van der Waals surface area contributed by atoms with Crippen LogP contribution in [0.5, 0.6) is 0 Å². The molecule has 582 valence electrons. The average molecular weight is 1430 g/mol. The first-order valence-corrected chi connectivity index (χ1v) is 42.6. The third-order valence-corrected chi connectivity index (χ3v) is 19.9. The van der Waals surface area contributed by atoms with Crippen LogP contribution in [0, 0.1) is 0 Å². The lowest BCUT2D eigenvalue weighted by Gasteiger charge is -2.44. The van der Waals surface area contributed by atoms with E-state index in [1.54, 1.807) is 0 Å². The number of phosphoric acid groups is 1. The van der Waals surface area contributed by atoms with Crippen LogP contribution >= 0.6 is 7.82 Å². The molecule has 0 spiro atoms. The standard InChI is InChI=1S/C79H149N2O17P/c1-6-11-16-21-26-31-34-39-44-49-54-59-70(82)80-68(78(88)89)64-93-79-75(81-71(83)62-66(57-52-47-42-37-29-24-19-14-9-4)95-72(84)60-55-50-45-40-35-32-27-22-17-12-7-2)77(76(87)69(97-79)65-94-99(90,91)92)98-74(86)63-67(58-53-48-43-38-30-25-20-15-10-5)96-73(85)61-56-51-46-41-36-33-28-23-18-13-8-3/h66-69,75-77,79,87H,6-65H2,1-5H3,(H,80,82)(H,81,83)(H,88,89)(H2,90,91,92)/t66?,67?,68-,69+,75+,76+,77+,79+/m0/s1. The molecule has 8 atom stereocenters. The summed E-state index contributed by atoms with van der Waals surface area (Å²) in [6.45, 7) is 9.29. The van der Waals surface area contributed by atoms with Gasteiger partial charge in [-0.05, 0) is 44.9 Å². The fourth-order valence-corrected chi connectivity index (χ4v) is 13.5. The van der Waals surface area contributed by atoms with Gasteiger partial charge in [-0.3, -0.25) is 28.5 Å². The van der Waals surface area contributed by atoms with E-state index in [2.05, 4.69) is 45.3 Å².